The molecule has 0 saturated carbocycles. The van der Waals surface area contributed by atoms with Crippen molar-refractivity contribution in [2.24, 2.45) is 0 Å². The van der Waals surface area contributed by atoms with Crippen molar-refractivity contribution >= 4 is 16.5 Å². The number of piperazine rings is 1. The minimum atomic E-state index is 1.09. The first kappa shape index (κ1) is 11.5. The zero-order valence-corrected chi connectivity index (χ0v) is 10.9. The Kier molecular flexibility index (Phi) is 3.20. The lowest BCUT2D eigenvalue weighted by molar-refractivity contribution is 0.590. The predicted octanol–water partition coefficient (Wildman–Crippen LogP) is 2.81. The minimum Gasteiger partial charge on any atom is -0.368 e. The number of aryl methyl sites for hydroxylation is 1. The van der Waals surface area contributed by atoms with E-state index < -0.39 is 0 Å². The van der Waals surface area contributed by atoms with Gasteiger partial charge in [0.2, 0.25) is 0 Å². The molecule has 0 amide bonds. The second-order valence-electron chi connectivity index (χ2n) is 4.88. The van der Waals surface area contributed by atoms with E-state index in [-0.39, 0.29) is 0 Å². The van der Waals surface area contributed by atoms with Crippen LogP contribution in [0.5, 0.6) is 0 Å². The Morgan fingerprint density at radius 1 is 1.00 bits per heavy atom. The lowest BCUT2D eigenvalue weighted by atomic mass is 10.0. The van der Waals surface area contributed by atoms with Crippen LogP contribution in [0.25, 0.3) is 10.8 Å². The molecule has 0 bridgehead atoms. The van der Waals surface area contributed by atoms with E-state index in [2.05, 4.69) is 53.5 Å². The molecule has 0 radical (unpaired) electrons. The summed E-state index contributed by atoms with van der Waals surface area (Å²) in [4.78, 5) is 2.50. The summed E-state index contributed by atoms with van der Waals surface area (Å²) in [6.07, 6.45) is 1.10. The minimum absolute atomic E-state index is 1.09. The molecule has 2 aromatic carbocycles. The standard InChI is InChI=1S/C16H20N2/c1-2-13-7-8-16(18-11-9-17-10-12-18)15-6-4-3-5-14(13)15/h3-8,17H,2,9-12H2,1H3. The molecule has 2 heteroatoms. The molecular weight excluding hydrogens is 220 g/mol. The molecule has 1 N–H and O–H groups in total. The molecule has 1 aliphatic heterocycles. The first-order valence-electron chi connectivity index (χ1n) is 6.86. The lowest BCUT2D eigenvalue weighted by Gasteiger charge is -2.30. The Labute approximate surface area is 109 Å². The molecule has 2 aromatic rings. The summed E-state index contributed by atoms with van der Waals surface area (Å²) in [7, 11) is 0. The molecule has 0 aromatic heterocycles. The number of nitrogens with one attached hydrogen (secondary N) is 1. The van der Waals surface area contributed by atoms with Gasteiger partial charge in [0.15, 0.2) is 0 Å². The summed E-state index contributed by atoms with van der Waals surface area (Å²) in [6.45, 7) is 6.62. The van der Waals surface area contributed by atoms with E-state index in [4.69, 9.17) is 0 Å². The van der Waals surface area contributed by atoms with E-state index in [1.807, 2.05) is 0 Å². The Morgan fingerprint density at radius 2 is 1.72 bits per heavy atom. The van der Waals surface area contributed by atoms with Gasteiger partial charge in [0, 0.05) is 37.3 Å². The average molecular weight is 240 g/mol. The molecular formula is C16H20N2. The van der Waals surface area contributed by atoms with Gasteiger partial charge in [0.25, 0.3) is 0 Å². The smallest absolute Gasteiger partial charge is 0.0446 e. The molecule has 0 unspecified atom stereocenters. The largest absolute Gasteiger partial charge is 0.368 e. The first-order valence-corrected chi connectivity index (χ1v) is 6.86. The van der Waals surface area contributed by atoms with Crippen LogP contribution >= 0.6 is 0 Å². The maximum absolute atomic E-state index is 3.41. The normalized spacial score (nSPS) is 16.2. The maximum atomic E-state index is 3.41. The number of fused-ring (bicyclic) bond motifs is 1. The highest BCUT2D eigenvalue weighted by Gasteiger charge is 2.13. The van der Waals surface area contributed by atoms with E-state index in [0.717, 1.165) is 32.6 Å². The number of anilines is 1. The molecule has 1 aliphatic rings. The molecule has 3 rings (SSSR count). The van der Waals surface area contributed by atoms with Crippen molar-refractivity contribution in [3.63, 3.8) is 0 Å². The number of hydrogen-bond donors (Lipinski definition) is 1. The van der Waals surface area contributed by atoms with Crippen molar-refractivity contribution in [2.75, 3.05) is 31.1 Å². The Balaban J connectivity index is 2.12. The fourth-order valence-electron chi connectivity index (χ4n) is 2.84. The monoisotopic (exact) mass is 240 g/mol. The second kappa shape index (κ2) is 4.99. The summed E-state index contributed by atoms with van der Waals surface area (Å²) in [5.74, 6) is 0. The first-order chi connectivity index (χ1) is 8.90. The highest BCUT2D eigenvalue weighted by molar-refractivity contribution is 5.96. The molecule has 0 atom stereocenters. The van der Waals surface area contributed by atoms with Gasteiger partial charge in [0.1, 0.15) is 0 Å². The Hall–Kier alpha value is -1.54. The van der Waals surface area contributed by atoms with Crippen LogP contribution in [0.4, 0.5) is 5.69 Å². The average Bonchev–Trinajstić information content (AvgIpc) is 2.47. The fourth-order valence-corrected chi connectivity index (χ4v) is 2.84. The van der Waals surface area contributed by atoms with Gasteiger partial charge < -0.3 is 10.2 Å². The topological polar surface area (TPSA) is 15.3 Å². The van der Waals surface area contributed by atoms with E-state index >= 15 is 0 Å². The van der Waals surface area contributed by atoms with Gasteiger partial charge in [-0.2, -0.15) is 0 Å². The van der Waals surface area contributed by atoms with Gasteiger partial charge in [-0.15, -0.1) is 0 Å². The molecule has 18 heavy (non-hydrogen) atoms. The summed E-state index contributed by atoms with van der Waals surface area (Å²) < 4.78 is 0. The SMILES string of the molecule is CCc1ccc(N2CCNCC2)c2ccccc12. The van der Waals surface area contributed by atoms with Gasteiger partial charge in [-0.3, -0.25) is 0 Å². The van der Waals surface area contributed by atoms with E-state index in [1.54, 1.807) is 0 Å². The van der Waals surface area contributed by atoms with Crippen LogP contribution in [0, 0.1) is 0 Å². The van der Waals surface area contributed by atoms with E-state index in [9.17, 15) is 0 Å². The van der Waals surface area contributed by atoms with Crippen LogP contribution in [-0.2, 0) is 6.42 Å². The molecule has 1 fully saturated rings. The highest BCUT2D eigenvalue weighted by atomic mass is 15.2. The van der Waals surface area contributed by atoms with Gasteiger partial charge in [-0.25, -0.2) is 0 Å². The van der Waals surface area contributed by atoms with Gasteiger partial charge >= 0.3 is 0 Å². The molecule has 94 valence electrons. The van der Waals surface area contributed by atoms with Gasteiger partial charge in [-0.1, -0.05) is 37.3 Å². The third-order valence-corrected chi connectivity index (χ3v) is 3.83. The Bertz CT molecular complexity index is 542. The summed E-state index contributed by atoms with van der Waals surface area (Å²) in [6, 6.07) is 13.4. The van der Waals surface area contributed by atoms with Crippen LogP contribution in [0.2, 0.25) is 0 Å². The molecule has 0 spiro atoms. The fraction of sp³-hybridized carbons (Fsp3) is 0.375. The van der Waals surface area contributed by atoms with Crippen LogP contribution in [0.15, 0.2) is 36.4 Å². The molecule has 1 heterocycles. The Morgan fingerprint density at radius 3 is 2.44 bits per heavy atom. The van der Waals surface area contributed by atoms with Crippen molar-refractivity contribution in [2.45, 2.75) is 13.3 Å². The van der Waals surface area contributed by atoms with E-state index in [0.29, 0.717) is 0 Å². The number of nitrogens with zero attached hydrogens (tertiary/aromatic N) is 1. The van der Waals surface area contributed by atoms with Crippen molar-refractivity contribution < 1.29 is 0 Å². The quantitative estimate of drug-likeness (QED) is 0.868. The predicted molar refractivity (Wildman–Crippen MR) is 78.4 cm³/mol. The van der Waals surface area contributed by atoms with Crippen LogP contribution < -0.4 is 10.2 Å². The summed E-state index contributed by atoms with van der Waals surface area (Å²) in [5, 5.41) is 6.23. The van der Waals surface area contributed by atoms with Crippen molar-refractivity contribution in [1.82, 2.24) is 5.32 Å². The van der Waals surface area contributed by atoms with Crippen LogP contribution in [0.3, 0.4) is 0 Å². The van der Waals surface area contributed by atoms with Gasteiger partial charge in [0.05, 0.1) is 0 Å². The number of hydrogen-bond acceptors (Lipinski definition) is 2. The number of rotatable bonds is 2. The molecule has 1 saturated heterocycles. The zero-order valence-electron chi connectivity index (χ0n) is 10.9. The number of benzene rings is 2. The van der Waals surface area contributed by atoms with E-state index in [1.165, 1.54) is 22.0 Å². The van der Waals surface area contributed by atoms with Crippen LogP contribution in [-0.4, -0.2) is 26.2 Å². The van der Waals surface area contributed by atoms with Crippen molar-refractivity contribution in [1.29, 1.82) is 0 Å². The zero-order chi connectivity index (χ0) is 12.4. The maximum Gasteiger partial charge on any atom is 0.0446 e. The molecule has 0 aliphatic carbocycles. The lowest BCUT2D eigenvalue weighted by Crippen LogP contribution is -2.43. The van der Waals surface area contributed by atoms with Crippen molar-refractivity contribution in [3.8, 4) is 0 Å². The second-order valence-corrected chi connectivity index (χ2v) is 4.88. The summed E-state index contributed by atoms with van der Waals surface area (Å²) in [5.41, 5.74) is 2.84. The highest BCUT2D eigenvalue weighted by Crippen LogP contribution is 2.29. The third kappa shape index (κ3) is 1.97. The van der Waals surface area contributed by atoms with Gasteiger partial charge in [-0.05, 0) is 23.4 Å². The van der Waals surface area contributed by atoms with Crippen molar-refractivity contribution in [3.05, 3.63) is 42.0 Å². The van der Waals surface area contributed by atoms with Crippen LogP contribution in [0.1, 0.15) is 12.5 Å². The summed E-state index contributed by atoms with van der Waals surface area (Å²) >= 11 is 0. The molecule has 2 nitrogen and oxygen atoms in total. The third-order valence-electron chi connectivity index (χ3n) is 3.83.